The van der Waals surface area contributed by atoms with Gasteiger partial charge in [0.05, 0.1) is 16.7 Å². The van der Waals surface area contributed by atoms with Crippen molar-refractivity contribution >= 4 is 22.7 Å². The summed E-state index contributed by atoms with van der Waals surface area (Å²) in [6, 6.07) is 7.34. The van der Waals surface area contributed by atoms with E-state index in [4.69, 9.17) is 4.52 Å². The Morgan fingerprint density at radius 2 is 2.09 bits per heavy atom. The molecule has 6 nitrogen and oxygen atoms in total. The summed E-state index contributed by atoms with van der Waals surface area (Å²) in [6.45, 7) is 2.07. The Kier molecular flexibility index (Phi) is 4.24. The first-order valence-electron chi connectivity index (χ1n) is 7.09. The Balaban J connectivity index is 1.84. The smallest absolute Gasteiger partial charge is 0.261 e. The Bertz CT molecular complexity index is 856. The van der Waals surface area contributed by atoms with E-state index >= 15 is 0 Å². The van der Waals surface area contributed by atoms with Crippen LogP contribution in [-0.2, 0) is 19.2 Å². The fourth-order valence-electron chi connectivity index (χ4n) is 2.13. The molecule has 0 radical (unpaired) electrons. The predicted molar refractivity (Wildman–Crippen MR) is 84.8 cm³/mol. The lowest BCUT2D eigenvalue weighted by molar-refractivity contribution is 0.384. The minimum absolute atomic E-state index is 0.0506. The first-order chi connectivity index (χ1) is 10.7. The van der Waals surface area contributed by atoms with Gasteiger partial charge >= 0.3 is 0 Å². The third-order valence-electron chi connectivity index (χ3n) is 3.25. The predicted octanol–water partition coefficient (Wildman–Crippen LogP) is 2.56. The van der Waals surface area contributed by atoms with Crippen molar-refractivity contribution in [1.82, 2.24) is 19.7 Å². The van der Waals surface area contributed by atoms with E-state index in [0.717, 1.165) is 18.7 Å². The number of para-hydroxylation sites is 1. The first-order valence-corrected chi connectivity index (χ1v) is 8.07. The van der Waals surface area contributed by atoms with Gasteiger partial charge in [-0.05, 0) is 18.6 Å². The molecular formula is C15H16N4O2S. The van der Waals surface area contributed by atoms with Crippen molar-refractivity contribution in [3.05, 3.63) is 46.3 Å². The van der Waals surface area contributed by atoms with Gasteiger partial charge in [-0.3, -0.25) is 9.36 Å². The molecule has 0 aliphatic rings. The lowest BCUT2D eigenvalue weighted by atomic mass is 10.2. The van der Waals surface area contributed by atoms with Crippen LogP contribution < -0.4 is 5.56 Å². The van der Waals surface area contributed by atoms with Gasteiger partial charge in [0.2, 0.25) is 5.89 Å². The molecular weight excluding hydrogens is 300 g/mol. The number of fused-ring (bicyclic) bond motifs is 1. The summed E-state index contributed by atoms with van der Waals surface area (Å²) in [5.74, 6) is 1.77. The molecule has 0 saturated carbocycles. The molecule has 0 aliphatic carbocycles. The molecule has 2 heterocycles. The van der Waals surface area contributed by atoms with E-state index in [1.165, 1.54) is 11.8 Å². The summed E-state index contributed by atoms with van der Waals surface area (Å²) < 4.78 is 6.75. The van der Waals surface area contributed by atoms with E-state index in [9.17, 15) is 4.79 Å². The number of benzene rings is 1. The van der Waals surface area contributed by atoms with Gasteiger partial charge in [0.15, 0.2) is 11.0 Å². The van der Waals surface area contributed by atoms with E-state index in [2.05, 4.69) is 22.0 Å². The molecule has 7 heteroatoms. The molecule has 3 aromatic rings. The molecule has 0 N–H and O–H groups in total. The van der Waals surface area contributed by atoms with Gasteiger partial charge in [-0.1, -0.05) is 36.0 Å². The Hall–Kier alpha value is -2.15. The maximum Gasteiger partial charge on any atom is 0.261 e. The van der Waals surface area contributed by atoms with Gasteiger partial charge in [-0.15, -0.1) is 0 Å². The molecule has 0 bridgehead atoms. The maximum absolute atomic E-state index is 12.3. The van der Waals surface area contributed by atoms with Crippen molar-refractivity contribution < 1.29 is 4.52 Å². The molecule has 0 saturated heterocycles. The van der Waals surface area contributed by atoms with Crippen molar-refractivity contribution in [2.75, 3.05) is 0 Å². The molecule has 0 aliphatic heterocycles. The quantitative estimate of drug-likeness (QED) is 0.532. The number of aromatic nitrogens is 4. The highest BCUT2D eigenvalue weighted by molar-refractivity contribution is 7.98. The van der Waals surface area contributed by atoms with E-state index in [-0.39, 0.29) is 5.56 Å². The second kappa shape index (κ2) is 6.31. The molecule has 0 unspecified atom stereocenters. The number of hydrogen-bond acceptors (Lipinski definition) is 6. The first kappa shape index (κ1) is 14.8. The van der Waals surface area contributed by atoms with Gasteiger partial charge in [-0.2, -0.15) is 4.98 Å². The van der Waals surface area contributed by atoms with Gasteiger partial charge in [0.1, 0.15) is 0 Å². The summed E-state index contributed by atoms with van der Waals surface area (Å²) in [7, 11) is 1.72. The van der Waals surface area contributed by atoms with Crippen LogP contribution in [0.3, 0.4) is 0 Å². The molecule has 1 aromatic carbocycles. The fourth-order valence-corrected chi connectivity index (χ4v) is 2.94. The number of aryl methyl sites for hydroxylation is 1. The normalized spacial score (nSPS) is 11.2. The van der Waals surface area contributed by atoms with Crippen LogP contribution in [0.15, 0.2) is 38.7 Å². The molecule has 2 aromatic heterocycles. The number of hydrogen-bond donors (Lipinski definition) is 0. The second-order valence-electron chi connectivity index (χ2n) is 4.92. The summed E-state index contributed by atoms with van der Waals surface area (Å²) in [6.07, 6.45) is 1.79. The summed E-state index contributed by atoms with van der Waals surface area (Å²) in [4.78, 5) is 21.2. The molecule has 0 atom stereocenters. The average Bonchev–Trinajstić information content (AvgIpc) is 2.97. The van der Waals surface area contributed by atoms with Crippen molar-refractivity contribution in [2.24, 2.45) is 7.05 Å². The molecule has 22 heavy (non-hydrogen) atoms. The largest absolute Gasteiger partial charge is 0.338 e. The molecule has 0 fully saturated rings. The van der Waals surface area contributed by atoms with Crippen LogP contribution >= 0.6 is 11.8 Å². The molecule has 0 amide bonds. The summed E-state index contributed by atoms with van der Waals surface area (Å²) >= 11 is 1.42. The number of rotatable bonds is 5. The third kappa shape index (κ3) is 2.89. The second-order valence-corrected chi connectivity index (χ2v) is 5.86. The van der Waals surface area contributed by atoms with Crippen LogP contribution in [0.25, 0.3) is 10.9 Å². The zero-order chi connectivity index (χ0) is 15.5. The molecule has 3 rings (SSSR count). The topological polar surface area (TPSA) is 73.8 Å². The highest BCUT2D eigenvalue weighted by atomic mass is 32.2. The van der Waals surface area contributed by atoms with E-state index in [0.29, 0.717) is 27.7 Å². The van der Waals surface area contributed by atoms with Crippen LogP contribution in [0.1, 0.15) is 25.1 Å². The SMILES string of the molecule is CCCc1noc(CSc2nc3ccccc3c(=O)n2C)n1. The lowest BCUT2D eigenvalue weighted by Gasteiger charge is -2.07. The molecule has 114 valence electrons. The Morgan fingerprint density at radius 3 is 2.91 bits per heavy atom. The van der Waals surface area contributed by atoms with Crippen molar-refractivity contribution in [2.45, 2.75) is 30.7 Å². The van der Waals surface area contributed by atoms with Gasteiger partial charge in [0, 0.05) is 13.5 Å². The zero-order valence-corrected chi connectivity index (χ0v) is 13.3. The molecule has 0 spiro atoms. The van der Waals surface area contributed by atoms with E-state index < -0.39 is 0 Å². The van der Waals surface area contributed by atoms with Crippen LogP contribution in [0.4, 0.5) is 0 Å². The van der Waals surface area contributed by atoms with Crippen LogP contribution in [0.5, 0.6) is 0 Å². The van der Waals surface area contributed by atoms with Crippen molar-refractivity contribution in [1.29, 1.82) is 0 Å². The van der Waals surface area contributed by atoms with Gasteiger partial charge in [0.25, 0.3) is 5.56 Å². The fraction of sp³-hybridized carbons (Fsp3) is 0.333. The van der Waals surface area contributed by atoms with E-state index in [1.807, 2.05) is 18.2 Å². The Labute approximate surface area is 131 Å². The van der Waals surface area contributed by atoms with Crippen molar-refractivity contribution in [3.63, 3.8) is 0 Å². The lowest BCUT2D eigenvalue weighted by Crippen LogP contribution is -2.19. The van der Waals surface area contributed by atoms with Crippen molar-refractivity contribution in [3.8, 4) is 0 Å². The van der Waals surface area contributed by atoms with Crippen LogP contribution in [0, 0.1) is 0 Å². The zero-order valence-electron chi connectivity index (χ0n) is 12.4. The highest BCUT2D eigenvalue weighted by Gasteiger charge is 2.11. The Morgan fingerprint density at radius 1 is 1.27 bits per heavy atom. The maximum atomic E-state index is 12.3. The minimum atomic E-state index is -0.0506. The monoisotopic (exact) mass is 316 g/mol. The number of nitrogens with zero attached hydrogens (tertiary/aromatic N) is 4. The van der Waals surface area contributed by atoms with Crippen LogP contribution in [-0.4, -0.2) is 19.7 Å². The van der Waals surface area contributed by atoms with E-state index in [1.54, 1.807) is 17.7 Å². The van der Waals surface area contributed by atoms with Gasteiger partial charge < -0.3 is 4.52 Å². The summed E-state index contributed by atoms with van der Waals surface area (Å²) in [5, 5.41) is 5.18. The highest BCUT2D eigenvalue weighted by Crippen LogP contribution is 2.20. The summed E-state index contributed by atoms with van der Waals surface area (Å²) in [5.41, 5.74) is 0.649. The number of thioether (sulfide) groups is 1. The third-order valence-corrected chi connectivity index (χ3v) is 4.27. The average molecular weight is 316 g/mol. The standard InChI is InChI=1S/C15H16N4O2S/c1-3-6-12-17-13(21-18-12)9-22-15-16-11-8-5-4-7-10(11)14(20)19(15)2/h4-5,7-8H,3,6,9H2,1-2H3. The van der Waals surface area contributed by atoms with Crippen LogP contribution in [0.2, 0.25) is 0 Å². The minimum Gasteiger partial charge on any atom is -0.338 e. The van der Waals surface area contributed by atoms with Gasteiger partial charge in [-0.25, -0.2) is 4.98 Å².